The number of rotatable bonds is 7. The van der Waals surface area contributed by atoms with Gasteiger partial charge >= 0.3 is 12.6 Å². The Bertz CT molecular complexity index is 706. The molecule has 7 heteroatoms. The Labute approximate surface area is 144 Å². The van der Waals surface area contributed by atoms with E-state index in [2.05, 4.69) is 15.4 Å². The number of ether oxygens (including phenoxy) is 1. The highest BCUT2D eigenvalue weighted by atomic mass is 19.3. The molecule has 0 heterocycles. The molecule has 0 atom stereocenters. The van der Waals surface area contributed by atoms with Crippen molar-refractivity contribution < 1.29 is 22.7 Å². The number of aryl methyl sites for hydroxylation is 1. The van der Waals surface area contributed by atoms with Gasteiger partial charge in [-0.1, -0.05) is 24.3 Å². The molecule has 0 aliphatic carbocycles. The molecule has 0 spiro atoms. The van der Waals surface area contributed by atoms with E-state index in [-0.39, 0.29) is 17.6 Å². The molecule has 0 saturated carbocycles. The smallest absolute Gasteiger partial charge is 0.387 e. The van der Waals surface area contributed by atoms with E-state index in [9.17, 15) is 18.0 Å². The summed E-state index contributed by atoms with van der Waals surface area (Å²) >= 11 is 0. The summed E-state index contributed by atoms with van der Waals surface area (Å²) in [6.45, 7) is -0.493. The van der Waals surface area contributed by atoms with Gasteiger partial charge in [0.05, 0.1) is 0 Å². The fourth-order valence-corrected chi connectivity index (χ4v) is 2.22. The fraction of sp³-hybridized carbons (Fsp3) is 0.278. The summed E-state index contributed by atoms with van der Waals surface area (Å²) in [6.07, 6.45) is 0.554. The topological polar surface area (TPSA) is 50.4 Å². The number of hydrogen-bond donors (Lipinski definition) is 2. The van der Waals surface area contributed by atoms with E-state index in [0.717, 1.165) is 11.1 Å². The molecule has 0 aliphatic heterocycles. The summed E-state index contributed by atoms with van der Waals surface area (Å²) in [5, 5.41) is 5.39. The quantitative estimate of drug-likeness (QED) is 0.797. The van der Waals surface area contributed by atoms with Gasteiger partial charge in [0.1, 0.15) is 11.6 Å². The zero-order valence-electron chi connectivity index (χ0n) is 13.7. The first-order chi connectivity index (χ1) is 11.9. The first-order valence-electron chi connectivity index (χ1n) is 7.74. The van der Waals surface area contributed by atoms with Gasteiger partial charge in [0.2, 0.25) is 0 Å². The minimum Gasteiger partial charge on any atom is -0.435 e. The van der Waals surface area contributed by atoms with Crippen LogP contribution in [-0.4, -0.2) is 19.2 Å². The Kier molecular flexibility index (Phi) is 6.68. The standard InChI is InChI=1S/C18H19F3N2O2/c1-12-10-14(4-7-16(12)19)11-23-18(24)22-9-8-13-2-5-15(6-3-13)25-17(20)21/h2-7,10,17H,8-9,11H2,1H3,(H2,22,23,24). The molecule has 4 nitrogen and oxygen atoms in total. The molecule has 0 radical (unpaired) electrons. The molecule has 0 saturated heterocycles. The van der Waals surface area contributed by atoms with Crippen LogP contribution in [-0.2, 0) is 13.0 Å². The largest absolute Gasteiger partial charge is 0.435 e. The lowest BCUT2D eigenvalue weighted by atomic mass is 10.1. The second-order valence-electron chi connectivity index (χ2n) is 5.47. The lowest BCUT2D eigenvalue weighted by Crippen LogP contribution is -2.36. The zero-order chi connectivity index (χ0) is 18.2. The number of carbonyl (C=O) groups excluding carboxylic acids is 1. The van der Waals surface area contributed by atoms with Crippen LogP contribution >= 0.6 is 0 Å². The molecule has 134 valence electrons. The molecular formula is C18H19F3N2O2. The van der Waals surface area contributed by atoms with Gasteiger partial charge < -0.3 is 15.4 Å². The number of halogens is 3. The summed E-state index contributed by atoms with van der Waals surface area (Å²) in [7, 11) is 0. The van der Waals surface area contributed by atoms with Gasteiger partial charge in [0, 0.05) is 13.1 Å². The van der Waals surface area contributed by atoms with Crippen molar-refractivity contribution in [3.63, 3.8) is 0 Å². The monoisotopic (exact) mass is 352 g/mol. The second kappa shape index (κ2) is 8.96. The Balaban J connectivity index is 1.70. The SMILES string of the molecule is Cc1cc(CNC(=O)NCCc2ccc(OC(F)F)cc2)ccc1F. The normalized spacial score (nSPS) is 10.6. The van der Waals surface area contributed by atoms with Crippen LogP contribution in [0.25, 0.3) is 0 Å². The Hall–Kier alpha value is -2.70. The predicted molar refractivity (Wildman–Crippen MR) is 88.2 cm³/mol. The lowest BCUT2D eigenvalue weighted by Gasteiger charge is -2.09. The molecule has 2 aromatic carbocycles. The minimum absolute atomic E-state index is 0.0963. The summed E-state index contributed by atoms with van der Waals surface area (Å²) in [5.74, 6) is -0.183. The average Bonchev–Trinajstić information content (AvgIpc) is 2.57. The molecule has 0 unspecified atom stereocenters. The first kappa shape index (κ1) is 18.6. The van der Waals surface area contributed by atoms with Crippen molar-refractivity contribution in [1.29, 1.82) is 0 Å². The summed E-state index contributed by atoms with van der Waals surface area (Å²) in [4.78, 5) is 11.7. The summed E-state index contributed by atoms with van der Waals surface area (Å²) < 4.78 is 41.5. The molecule has 25 heavy (non-hydrogen) atoms. The van der Waals surface area contributed by atoms with Crippen LogP contribution in [0.3, 0.4) is 0 Å². The van der Waals surface area contributed by atoms with Crippen LogP contribution < -0.4 is 15.4 Å². The van der Waals surface area contributed by atoms with E-state index in [1.54, 1.807) is 31.2 Å². The average molecular weight is 352 g/mol. The van der Waals surface area contributed by atoms with Crippen molar-refractivity contribution in [2.45, 2.75) is 26.5 Å². The Morgan fingerprint density at radius 2 is 1.76 bits per heavy atom. The Morgan fingerprint density at radius 3 is 2.40 bits per heavy atom. The van der Waals surface area contributed by atoms with E-state index < -0.39 is 6.61 Å². The number of benzene rings is 2. The molecule has 2 amide bonds. The number of amides is 2. The fourth-order valence-electron chi connectivity index (χ4n) is 2.22. The third-order valence-electron chi connectivity index (χ3n) is 3.52. The van der Waals surface area contributed by atoms with Crippen LogP contribution in [0.2, 0.25) is 0 Å². The molecule has 0 aliphatic rings. The highest BCUT2D eigenvalue weighted by Gasteiger charge is 2.05. The highest BCUT2D eigenvalue weighted by molar-refractivity contribution is 5.73. The van der Waals surface area contributed by atoms with Crippen LogP contribution in [0.4, 0.5) is 18.0 Å². The minimum atomic E-state index is -2.85. The van der Waals surface area contributed by atoms with Gasteiger partial charge in [-0.3, -0.25) is 0 Å². The van der Waals surface area contributed by atoms with Crippen LogP contribution in [0.1, 0.15) is 16.7 Å². The van der Waals surface area contributed by atoms with Gasteiger partial charge in [-0.25, -0.2) is 9.18 Å². The molecule has 2 rings (SSSR count). The van der Waals surface area contributed by atoms with Crippen molar-refractivity contribution in [3.05, 3.63) is 65.0 Å². The number of alkyl halides is 2. The van der Waals surface area contributed by atoms with E-state index in [1.807, 2.05) is 0 Å². The number of carbonyl (C=O) groups is 1. The molecule has 2 aromatic rings. The predicted octanol–water partition coefficient (Wildman–Crippen LogP) is 3.78. The molecule has 2 N–H and O–H groups in total. The highest BCUT2D eigenvalue weighted by Crippen LogP contribution is 2.15. The van der Waals surface area contributed by atoms with E-state index >= 15 is 0 Å². The summed E-state index contributed by atoms with van der Waals surface area (Å²) in [6, 6.07) is 10.6. The van der Waals surface area contributed by atoms with Crippen molar-refractivity contribution in [2.24, 2.45) is 0 Å². The maximum Gasteiger partial charge on any atom is 0.387 e. The van der Waals surface area contributed by atoms with Crippen LogP contribution in [0.15, 0.2) is 42.5 Å². The van der Waals surface area contributed by atoms with Crippen LogP contribution in [0.5, 0.6) is 5.75 Å². The Morgan fingerprint density at radius 1 is 1.08 bits per heavy atom. The van der Waals surface area contributed by atoms with Gasteiger partial charge in [-0.2, -0.15) is 8.78 Å². The third-order valence-corrected chi connectivity index (χ3v) is 3.52. The van der Waals surface area contributed by atoms with Crippen molar-refractivity contribution in [2.75, 3.05) is 6.54 Å². The first-order valence-corrected chi connectivity index (χ1v) is 7.74. The van der Waals surface area contributed by atoms with Crippen molar-refractivity contribution >= 4 is 6.03 Å². The van der Waals surface area contributed by atoms with Crippen LogP contribution in [0, 0.1) is 12.7 Å². The van der Waals surface area contributed by atoms with E-state index in [4.69, 9.17) is 0 Å². The third kappa shape index (κ3) is 6.37. The lowest BCUT2D eigenvalue weighted by molar-refractivity contribution is -0.0498. The molecule has 0 fully saturated rings. The second-order valence-corrected chi connectivity index (χ2v) is 5.47. The van der Waals surface area contributed by atoms with Gasteiger partial charge in [0.25, 0.3) is 0 Å². The number of hydrogen-bond acceptors (Lipinski definition) is 2. The maximum atomic E-state index is 13.2. The molecular weight excluding hydrogens is 333 g/mol. The van der Waals surface area contributed by atoms with Gasteiger partial charge in [0.15, 0.2) is 0 Å². The number of urea groups is 1. The maximum absolute atomic E-state index is 13.2. The number of nitrogens with one attached hydrogen (secondary N) is 2. The summed E-state index contributed by atoms with van der Waals surface area (Å²) in [5.41, 5.74) is 2.22. The van der Waals surface area contributed by atoms with Crippen molar-refractivity contribution in [1.82, 2.24) is 10.6 Å². The molecule has 0 aromatic heterocycles. The van der Waals surface area contributed by atoms with E-state index in [0.29, 0.717) is 25.1 Å². The van der Waals surface area contributed by atoms with Gasteiger partial charge in [-0.15, -0.1) is 0 Å². The zero-order valence-corrected chi connectivity index (χ0v) is 13.7. The molecule has 0 bridgehead atoms. The van der Waals surface area contributed by atoms with Gasteiger partial charge in [-0.05, 0) is 48.2 Å². The van der Waals surface area contributed by atoms with E-state index in [1.165, 1.54) is 18.2 Å². The van der Waals surface area contributed by atoms with Crippen molar-refractivity contribution in [3.8, 4) is 5.75 Å².